The van der Waals surface area contributed by atoms with Crippen LogP contribution in [-0.2, 0) is 6.54 Å². The molecule has 0 aliphatic heterocycles. The summed E-state index contributed by atoms with van der Waals surface area (Å²) < 4.78 is 3.90. The Morgan fingerprint density at radius 1 is 1.08 bits per heavy atom. The van der Waals surface area contributed by atoms with E-state index in [0.717, 1.165) is 42.1 Å². The first-order valence-electron chi connectivity index (χ1n) is 8.87. The topological polar surface area (TPSA) is 55.4 Å². The second kappa shape index (κ2) is 7.01. The molecule has 0 unspecified atom stereocenters. The van der Waals surface area contributed by atoms with Crippen LogP contribution in [0.4, 0.5) is 0 Å². The van der Waals surface area contributed by atoms with Gasteiger partial charge in [0.2, 0.25) is 5.78 Å². The Morgan fingerprint density at radius 2 is 1.85 bits per heavy atom. The molecule has 1 aromatic carbocycles. The zero-order valence-electron chi connectivity index (χ0n) is 14.9. The van der Waals surface area contributed by atoms with Crippen LogP contribution in [0.2, 0.25) is 0 Å². The lowest BCUT2D eigenvalue weighted by molar-refractivity contribution is 0.293. The quantitative estimate of drug-likeness (QED) is 0.525. The Morgan fingerprint density at radius 3 is 2.54 bits per heavy atom. The lowest BCUT2D eigenvalue weighted by atomic mass is 10.3. The minimum atomic E-state index is -0.278. The van der Waals surface area contributed by atoms with Crippen molar-refractivity contribution < 1.29 is 0 Å². The monoisotopic (exact) mass is 367 g/mol. The minimum absolute atomic E-state index is 0.278. The highest BCUT2D eigenvalue weighted by Gasteiger charge is 2.16. The van der Waals surface area contributed by atoms with Crippen LogP contribution in [0.3, 0.4) is 0 Å². The minimum Gasteiger partial charge on any atom is -0.307 e. The molecule has 3 aromatic heterocycles. The van der Waals surface area contributed by atoms with E-state index in [1.807, 2.05) is 35.7 Å². The highest BCUT2D eigenvalue weighted by Crippen LogP contribution is 2.22. The van der Waals surface area contributed by atoms with Gasteiger partial charge in [-0.1, -0.05) is 32.0 Å². The third-order valence-corrected chi connectivity index (χ3v) is 5.60. The van der Waals surface area contributed by atoms with Crippen LogP contribution in [0.15, 0.2) is 46.6 Å². The summed E-state index contributed by atoms with van der Waals surface area (Å²) in [4.78, 5) is 20.2. The van der Waals surface area contributed by atoms with Crippen molar-refractivity contribution in [1.29, 1.82) is 0 Å². The fourth-order valence-corrected chi connectivity index (χ4v) is 3.96. The fraction of sp³-hybridized carbons (Fsp3) is 0.316. The summed E-state index contributed by atoms with van der Waals surface area (Å²) in [7, 11) is 0. The molecule has 0 fully saturated rings. The maximum Gasteiger partial charge on any atom is 0.302 e. The van der Waals surface area contributed by atoms with E-state index in [1.165, 1.54) is 11.3 Å². The Bertz CT molecular complexity index is 1090. The SMILES string of the molecule is CCN(CC)CCn1c2ccccc2n2nc(-c3cccs3)c(=O)nc12. The van der Waals surface area contributed by atoms with Crippen molar-refractivity contribution in [3.05, 3.63) is 52.1 Å². The molecule has 0 N–H and O–H groups in total. The molecule has 4 aromatic rings. The van der Waals surface area contributed by atoms with E-state index < -0.39 is 0 Å². The van der Waals surface area contributed by atoms with Crippen LogP contribution >= 0.6 is 11.3 Å². The van der Waals surface area contributed by atoms with E-state index in [4.69, 9.17) is 0 Å². The van der Waals surface area contributed by atoms with Crippen LogP contribution in [0, 0.1) is 0 Å². The van der Waals surface area contributed by atoms with Crippen LogP contribution in [0.1, 0.15) is 13.8 Å². The van der Waals surface area contributed by atoms with Gasteiger partial charge in [-0.05, 0) is 36.7 Å². The Hall–Kier alpha value is -2.51. The highest BCUT2D eigenvalue weighted by atomic mass is 32.1. The van der Waals surface area contributed by atoms with E-state index in [2.05, 4.69) is 39.5 Å². The normalized spacial score (nSPS) is 11.8. The fourth-order valence-electron chi connectivity index (χ4n) is 3.26. The van der Waals surface area contributed by atoms with Gasteiger partial charge in [-0.3, -0.25) is 4.79 Å². The van der Waals surface area contributed by atoms with Gasteiger partial charge in [-0.25, -0.2) is 0 Å². The summed E-state index contributed by atoms with van der Waals surface area (Å²) in [6.45, 7) is 8.00. The molecule has 3 heterocycles. The summed E-state index contributed by atoms with van der Waals surface area (Å²) >= 11 is 1.50. The average molecular weight is 367 g/mol. The molecule has 7 heteroatoms. The van der Waals surface area contributed by atoms with E-state index in [1.54, 1.807) is 4.52 Å². The third kappa shape index (κ3) is 2.83. The van der Waals surface area contributed by atoms with Gasteiger partial charge in [0.15, 0.2) is 5.69 Å². The molecule has 0 aliphatic rings. The molecule has 0 saturated heterocycles. The summed E-state index contributed by atoms with van der Waals surface area (Å²) in [6, 6.07) is 11.9. The van der Waals surface area contributed by atoms with Gasteiger partial charge < -0.3 is 9.47 Å². The molecule has 0 aliphatic carbocycles. The van der Waals surface area contributed by atoms with Gasteiger partial charge >= 0.3 is 5.56 Å². The number of benzene rings is 1. The van der Waals surface area contributed by atoms with Gasteiger partial charge in [0, 0.05) is 13.1 Å². The number of likely N-dealkylation sites (N-methyl/N-ethyl adjacent to an activating group) is 1. The maximum atomic E-state index is 12.6. The molecule has 0 saturated carbocycles. The van der Waals surface area contributed by atoms with Crippen molar-refractivity contribution >= 4 is 28.1 Å². The summed E-state index contributed by atoms with van der Waals surface area (Å²) in [5.41, 5.74) is 2.14. The molecule has 0 atom stereocenters. The largest absolute Gasteiger partial charge is 0.307 e. The van der Waals surface area contributed by atoms with Crippen molar-refractivity contribution in [3.8, 4) is 10.6 Å². The lowest BCUT2D eigenvalue weighted by Crippen LogP contribution is -2.27. The Balaban J connectivity index is 1.90. The second-order valence-corrected chi connectivity index (χ2v) is 7.07. The summed E-state index contributed by atoms with van der Waals surface area (Å²) in [5, 5.41) is 6.59. The van der Waals surface area contributed by atoms with Gasteiger partial charge in [-0.2, -0.15) is 14.6 Å². The van der Waals surface area contributed by atoms with Crippen molar-refractivity contribution in [2.75, 3.05) is 19.6 Å². The zero-order valence-corrected chi connectivity index (χ0v) is 15.7. The second-order valence-electron chi connectivity index (χ2n) is 6.12. The van der Waals surface area contributed by atoms with E-state index in [9.17, 15) is 4.79 Å². The van der Waals surface area contributed by atoms with Crippen molar-refractivity contribution in [3.63, 3.8) is 0 Å². The van der Waals surface area contributed by atoms with Crippen LogP contribution in [-0.4, -0.2) is 43.7 Å². The number of nitrogens with zero attached hydrogens (tertiary/aromatic N) is 5. The predicted molar refractivity (Wildman–Crippen MR) is 106 cm³/mol. The number of imidazole rings is 1. The molecule has 0 bridgehead atoms. The number of thiophene rings is 1. The first-order valence-corrected chi connectivity index (χ1v) is 9.75. The van der Waals surface area contributed by atoms with Gasteiger partial charge in [0.05, 0.1) is 15.9 Å². The molecular formula is C19H21N5OS. The predicted octanol–water partition coefficient (Wildman–Crippen LogP) is 3.11. The Labute approximate surface area is 155 Å². The summed E-state index contributed by atoms with van der Waals surface area (Å²) in [6.07, 6.45) is 0. The number of rotatable bonds is 6. The molecular weight excluding hydrogens is 346 g/mol. The molecule has 6 nitrogen and oxygen atoms in total. The smallest absolute Gasteiger partial charge is 0.302 e. The maximum absolute atomic E-state index is 12.6. The highest BCUT2D eigenvalue weighted by molar-refractivity contribution is 7.13. The van der Waals surface area contributed by atoms with Gasteiger partial charge in [0.1, 0.15) is 0 Å². The van der Waals surface area contributed by atoms with Crippen molar-refractivity contribution in [2.24, 2.45) is 0 Å². The van der Waals surface area contributed by atoms with Gasteiger partial charge in [-0.15, -0.1) is 11.3 Å². The third-order valence-electron chi connectivity index (χ3n) is 4.72. The summed E-state index contributed by atoms with van der Waals surface area (Å²) in [5.74, 6) is 0.601. The first-order chi connectivity index (χ1) is 12.7. The number of fused-ring (bicyclic) bond motifs is 3. The number of hydrogen-bond acceptors (Lipinski definition) is 5. The zero-order chi connectivity index (χ0) is 18.1. The van der Waals surface area contributed by atoms with Crippen molar-refractivity contribution in [1.82, 2.24) is 24.1 Å². The molecule has 4 rings (SSSR count). The van der Waals surface area contributed by atoms with Crippen LogP contribution in [0.5, 0.6) is 0 Å². The molecule has 26 heavy (non-hydrogen) atoms. The van der Waals surface area contributed by atoms with Crippen LogP contribution < -0.4 is 5.56 Å². The van der Waals surface area contributed by atoms with Crippen LogP contribution in [0.25, 0.3) is 27.4 Å². The number of aromatic nitrogens is 4. The molecule has 134 valence electrons. The van der Waals surface area contributed by atoms with E-state index >= 15 is 0 Å². The molecule has 0 radical (unpaired) electrons. The molecule has 0 spiro atoms. The number of para-hydroxylation sites is 2. The van der Waals surface area contributed by atoms with E-state index in [0.29, 0.717) is 11.5 Å². The van der Waals surface area contributed by atoms with E-state index in [-0.39, 0.29) is 5.56 Å². The lowest BCUT2D eigenvalue weighted by Gasteiger charge is -2.18. The van der Waals surface area contributed by atoms with Gasteiger partial charge in [0.25, 0.3) is 0 Å². The van der Waals surface area contributed by atoms with Crippen molar-refractivity contribution in [2.45, 2.75) is 20.4 Å². The number of hydrogen-bond donors (Lipinski definition) is 0. The standard InChI is InChI=1S/C19H21N5OS/c1-3-22(4-2)11-12-23-14-8-5-6-9-15(14)24-19(23)20-18(25)17(21-24)16-10-7-13-26-16/h5-10,13H,3-4,11-12H2,1-2H3. The molecule has 0 amide bonds. The average Bonchev–Trinajstić information content (AvgIpc) is 3.29. The first kappa shape index (κ1) is 16.9. The Kier molecular flexibility index (Phi) is 4.57.